The number of fused-ring (bicyclic) bond motifs is 3. The van der Waals surface area contributed by atoms with Crippen LogP contribution >= 0.6 is 11.3 Å². The van der Waals surface area contributed by atoms with Gasteiger partial charge in [-0.3, -0.25) is 9.80 Å². The fourth-order valence-corrected chi connectivity index (χ4v) is 3.53. The van der Waals surface area contributed by atoms with Gasteiger partial charge >= 0.3 is 0 Å². The zero-order valence-electron chi connectivity index (χ0n) is 12.0. The lowest BCUT2D eigenvalue weighted by atomic mass is 9.98. The molecule has 3 saturated heterocycles. The zero-order valence-corrected chi connectivity index (χ0v) is 12.8. The van der Waals surface area contributed by atoms with Crippen LogP contribution in [0.2, 0.25) is 0 Å². The highest BCUT2D eigenvalue weighted by atomic mass is 32.1. The minimum atomic E-state index is 0.0940. The Morgan fingerprint density at radius 1 is 1.21 bits per heavy atom. The van der Waals surface area contributed by atoms with E-state index in [4.69, 9.17) is 0 Å². The van der Waals surface area contributed by atoms with E-state index < -0.39 is 0 Å². The fourth-order valence-electron chi connectivity index (χ4n) is 2.72. The maximum Gasteiger partial charge on any atom is 0.205 e. The van der Waals surface area contributed by atoms with Crippen molar-refractivity contribution in [1.82, 2.24) is 20.0 Å². The second-order valence-electron chi connectivity index (χ2n) is 6.53. The molecule has 0 aromatic carbocycles. The molecular formula is C13H23N5S. The highest BCUT2D eigenvalue weighted by molar-refractivity contribution is 7.15. The summed E-state index contributed by atoms with van der Waals surface area (Å²) in [5.74, 6) is 0. The molecule has 5 nitrogen and oxygen atoms in total. The predicted molar refractivity (Wildman–Crippen MR) is 78.9 cm³/mol. The molecule has 1 atom stereocenters. The Morgan fingerprint density at radius 2 is 1.95 bits per heavy atom. The van der Waals surface area contributed by atoms with Crippen LogP contribution in [0.4, 0.5) is 5.13 Å². The molecule has 1 N–H and O–H groups in total. The van der Waals surface area contributed by atoms with E-state index in [-0.39, 0.29) is 5.41 Å². The van der Waals surface area contributed by atoms with E-state index in [0.29, 0.717) is 6.04 Å². The predicted octanol–water partition coefficient (Wildman–Crippen LogP) is 1.25. The number of hydrogen-bond donors (Lipinski definition) is 1. The van der Waals surface area contributed by atoms with E-state index in [1.807, 2.05) is 0 Å². The standard InChI is InChI=1S/C13H23N5S/c1-13(2,3)11-15-16-12(19-11)14-8-10-9-17-4-6-18(10)7-5-17/h10H,4-9H2,1-3H3,(H,14,16). The van der Waals surface area contributed by atoms with Gasteiger partial charge in [-0.15, -0.1) is 10.2 Å². The van der Waals surface area contributed by atoms with Gasteiger partial charge in [-0.05, 0) is 0 Å². The molecule has 2 bridgehead atoms. The van der Waals surface area contributed by atoms with Gasteiger partial charge in [-0.1, -0.05) is 32.1 Å². The Balaban J connectivity index is 1.56. The molecule has 1 aromatic heterocycles. The first kappa shape index (κ1) is 13.3. The normalized spacial score (nSPS) is 30.6. The van der Waals surface area contributed by atoms with Crippen molar-refractivity contribution in [2.24, 2.45) is 0 Å². The SMILES string of the molecule is CC(C)(C)c1nnc(NCC2CN3CCN2CC3)s1. The Labute approximate surface area is 119 Å². The Hall–Kier alpha value is -0.720. The molecule has 3 aliphatic heterocycles. The summed E-state index contributed by atoms with van der Waals surface area (Å²) < 4.78 is 0. The van der Waals surface area contributed by atoms with Gasteiger partial charge in [0, 0.05) is 50.7 Å². The van der Waals surface area contributed by atoms with E-state index in [9.17, 15) is 0 Å². The van der Waals surface area contributed by atoms with Gasteiger partial charge in [0.05, 0.1) is 0 Å². The van der Waals surface area contributed by atoms with Crippen molar-refractivity contribution in [3.8, 4) is 0 Å². The van der Waals surface area contributed by atoms with Crippen molar-refractivity contribution >= 4 is 16.5 Å². The molecule has 0 amide bonds. The summed E-state index contributed by atoms with van der Waals surface area (Å²) in [5.41, 5.74) is 0.0940. The Bertz CT molecular complexity index is 430. The highest BCUT2D eigenvalue weighted by Gasteiger charge is 2.31. The Morgan fingerprint density at radius 3 is 2.47 bits per heavy atom. The minimum absolute atomic E-state index is 0.0940. The monoisotopic (exact) mass is 281 g/mol. The molecule has 0 spiro atoms. The van der Waals surface area contributed by atoms with Crippen LogP contribution in [0.15, 0.2) is 0 Å². The van der Waals surface area contributed by atoms with E-state index in [2.05, 4.69) is 46.1 Å². The molecule has 0 aliphatic carbocycles. The van der Waals surface area contributed by atoms with E-state index in [1.165, 1.54) is 32.7 Å². The molecule has 1 unspecified atom stereocenters. The topological polar surface area (TPSA) is 44.3 Å². The first-order valence-electron chi connectivity index (χ1n) is 7.06. The summed E-state index contributed by atoms with van der Waals surface area (Å²) in [6.45, 7) is 13.6. The van der Waals surface area contributed by atoms with Crippen molar-refractivity contribution in [2.45, 2.75) is 32.2 Å². The molecular weight excluding hydrogens is 258 g/mol. The zero-order chi connectivity index (χ0) is 13.5. The molecule has 0 saturated carbocycles. The third-order valence-electron chi connectivity index (χ3n) is 3.95. The number of piperazine rings is 3. The van der Waals surface area contributed by atoms with Crippen molar-refractivity contribution in [3.63, 3.8) is 0 Å². The minimum Gasteiger partial charge on any atom is -0.358 e. The summed E-state index contributed by atoms with van der Waals surface area (Å²) >= 11 is 1.68. The highest BCUT2D eigenvalue weighted by Crippen LogP contribution is 2.27. The number of nitrogens with one attached hydrogen (secondary N) is 1. The molecule has 3 fully saturated rings. The smallest absolute Gasteiger partial charge is 0.205 e. The summed E-state index contributed by atoms with van der Waals surface area (Å²) in [6, 6.07) is 0.629. The lowest BCUT2D eigenvalue weighted by Gasteiger charge is -2.47. The molecule has 4 heterocycles. The summed E-state index contributed by atoms with van der Waals surface area (Å²) in [6.07, 6.45) is 0. The average Bonchev–Trinajstić information content (AvgIpc) is 2.86. The van der Waals surface area contributed by atoms with Crippen molar-refractivity contribution < 1.29 is 0 Å². The van der Waals surface area contributed by atoms with Crippen LogP contribution in [-0.2, 0) is 5.41 Å². The largest absolute Gasteiger partial charge is 0.358 e. The number of hydrogen-bond acceptors (Lipinski definition) is 6. The number of aromatic nitrogens is 2. The number of nitrogens with zero attached hydrogens (tertiary/aromatic N) is 4. The fraction of sp³-hybridized carbons (Fsp3) is 0.846. The molecule has 6 heteroatoms. The van der Waals surface area contributed by atoms with Crippen LogP contribution in [0.1, 0.15) is 25.8 Å². The first-order valence-corrected chi connectivity index (χ1v) is 7.88. The third kappa shape index (κ3) is 2.90. The first-order chi connectivity index (χ1) is 9.02. The number of rotatable bonds is 3. The van der Waals surface area contributed by atoms with Crippen LogP contribution < -0.4 is 5.32 Å². The molecule has 4 rings (SSSR count). The molecule has 19 heavy (non-hydrogen) atoms. The van der Waals surface area contributed by atoms with E-state index in [0.717, 1.165) is 16.7 Å². The van der Waals surface area contributed by atoms with Crippen molar-refractivity contribution in [3.05, 3.63) is 5.01 Å². The van der Waals surface area contributed by atoms with Gasteiger partial charge in [0.2, 0.25) is 5.13 Å². The van der Waals surface area contributed by atoms with Crippen molar-refractivity contribution in [1.29, 1.82) is 0 Å². The van der Waals surface area contributed by atoms with Crippen molar-refractivity contribution in [2.75, 3.05) is 44.6 Å². The van der Waals surface area contributed by atoms with E-state index in [1.54, 1.807) is 11.3 Å². The second-order valence-corrected chi connectivity index (χ2v) is 7.51. The molecule has 1 aromatic rings. The molecule has 0 radical (unpaired) electrons. The lowest BCUT2D eigenvalue weighted by molar-refractivity contribution is 0.0189. The Kier molecular flexibility index (Phi) is 3.49. The summed E-state index contributed by atoms with van der Waals surface area (Å²) in [4.78, 5) is 5.16. The van der Waals surface area contributed by atoms with Gasteiger partial charge in [0.25, 0.3) is 0 Å². The van der Waals surface area contributed by atoms with Crippen LogP contribution in [0.5, 0.6) is 0 Å². The average molecular weight is 281 g/mol. The summed E-state index contributed by atoms with van der Waals surface area (Å²) in [5, 5.41) is 14.1. The van der Waals surface area contributed by atoms with Crippen LogP contribution in [0, 0.1) is 0 Å². The lowest BCUT2D eigenvalue weighted by Crippen LogP contribution is -2.62. The van der Waals surface area contributed by atoms with Crippen LogP contribution in [0.3, 0.4) is 0 Å². The molecule has 106 valence electrons. The quantitative estimate of drug-likeness (QED) is 0.903. The molecule has 3 aliphatic rings. The van der Waals surface area contributed by atoms with Crippen LogP contribution in [0.25, 0.3) is 0 Å². The maximum absolute atomic E-state index is 4.28. The third-order valence-corrected chi connectivity index (χ3v) is 5.25. The number of anilines is 1. The maximum atomic E-state index is 4.28. The van der Waals surface area contributed by atoms with Gasteiger partial charge in [-0.2, -0.15) is 0 Å². The van der Waals surface area contributed by atoms with Gasteiger partial charge < -0.3 is 5.32 Å². The van der Waals surface area contributed by atoms with Gasteiger partial charge in [-0.25, -0.2) is 0 Å². The van der Waals surface area contributed by atoms with Gasteiger partial charge in [0.1, 0.15) is 5.01 Å². The van der Waals surface area contributed by atoms with Crippen LogP contribution in [-0.4, -0.2) is 65.3 Å². The second kappa shape index (κ2) is 5.00. The van der Waals surface area contributed by atoms with E-state index >= 15 is 0 Å². The van der Waals surface area contributed by atoms with Gasteiger partial charge in [0.15, 0.2) is 0 Å². The summed E-state index contributed by atoms with van der Waals surface area (Å²) in [7, 11) is 0.